The van der Waals surface area contributed by atoms with Crippen LogP contribution in [-0.4, -0.2) is 31.1 Å². The van der Waals surface area contributed by atoms with E-state index < -0.39 is 5.91 Å². The van der Waals surface area contributed by atoms with Gasteiger partial charge in [0.2, 0.25) is 0 Å². The number of carbonyl (C=O) groups excluding carboxylic acids is 1. The Bertz CT molecular complexity index is 845. The largest absolute Gasteiger partial charge is 0.357 e. The number of hydroxylamine groups is 1. The van der Waals surface area contributed by atoms with Crippen LogP contribution in [-0.2, 0) is 4.79 Å². The lowest BCUT2D eigenvalue weighted by molar-refractivity contribution is -0.124. The average molecular weight is 325 g/mol. The van der Waals surface area contributed by atoms with Crippen LogP contribution < -0.4 is 5.48 Å². The van der Waals surface area contributed by atoms with Gasteiger partial charge in [-0.05, 0) is 29.5 Å². The number of hydrogen-bond acceptors (Lipinski definition) is 4. The van der Waals surface area contributed by atoms with Crippen molar-refractivity contribution in [3.8, 4) is 0 Å². The third-order valence-electron chi connectivity index (χ3n) is 3.83. The number of hydrogen-bond donors (Lipinski definition) is 3. The van der Waals surface area contributed by atoms with Gasteiger partial charge in [-0.25, -0.2) is 10.2 Å². The van der Waals surface area contributed by atoms with Crippen molar-refractivity contribution in [1.29, 1.82) is 0 Å². The van der Waals surface area contributed by atoms with E-state index in [0.717, 1.165) is 16.6 Å². The molecule has 0 spiro atoms. The fraction of sp³-hybridized carbons (Fsp3) is 0.235. The molecule has 0 aliphatic rings. The molecular weight excluding hydrogens is 306 g/mol. The van der Waals surface area contributed by atoms with Gasteiger partial charge in [0, 0.05) is 17.3 Å². The van der Waals surface area contributed by atoms with E-state index >= 15 is 0 Å². The number of fused-ring (bicyclic) bond motifs is 1. The monoisotopic (exact) mass is 325 g/mol. The fourth-order valence-electron chi connectivity index (χ4n) is 2.76. The van der Waals surface area contributed by atoms with Crippen molar-refractivity contribution < 1.29 is 10.0 Å². The summed E-state index contributed by atoms with van der Waals surface area (Å²) < 4.78 is 1.78. The van der Waals surface area contributed by atoms with Crippen molar-refractivity contribution in [3.63, 3.8) is 0 Å². The highest BCUT2D eigenvalue weighted by Crippen LogP contribution is 2.28. The minimum atomic E-state index is -0.611. The van der Waals surface area contributed by atoms with E-state index in [1.54, 1.807) is 10.9 Å². The Balaban J connectivity index is 1.93. The molecule has 24 heavy (non-hydrogen) atoms. The van der Waals surface area contributed by atoms with Crippen molar-refractivity contribution in [2.45, 2.75) is 19.9 Å². The summed E-state index contributed by atoms with van der Waals surface area (Å²) in [7, 11) is 0. The Morgan fingerprint density at radius 2 is 2.17 bits per heavy atom. The van der Waals surface area contributed by atoms with Crippen molar-refractivity contribution in [2.24, 2.45) is 5.92 Å². The van der Waals surface area contributed by atoms with E-state index in [1.807, 2.05) is 18.2 Å². The highest BCUT2D eigenvalue weighted by atomic mass is 16.5. The lowest BCUT2D eigenvalue weighted by Gasteiger charge is -2.19. The highest BCUT2D eigenvalue weighted by molar-refractivity contribution is 5.90. The number of nitrogens with one attached hydrogen (secondary N) is 2. The lowest BCUT2D eigenvalue weighted by atomic mass is 10.0. The maximum absolute atomic E-state index is 11.0. The molecule has 2 heterocycles. The SMILES string of the molecule is CC(C)C(c1cc2ccccc2[nH]1)n1cc(C=CC(=O)NO)nn1. The number of carbonyl (C=O) groups is 1. The Morgan fingerprint density at radius 1 is 1.38 bits per heavy atom. The number of para-hydroxylation sites is 1. The topological polar surface area (TPSA) is 95.8 Å². The maximum atomic E-state index is 11.0. The molecule has 0 aliphatic heterocycles. The second kappa shape index (κ2) is 6.67. The Hall–Kier alpha value is -2.93. The Morgan fingerprint density at radius 3 is 2.88 bits per heavy atom. The van der Waals surface area contributed by atoms with Crippen LogP contribution >= 0.6 is 0 Å². The number of nitrogens with zero attached hydrogens (tertiary/aromatic N) is 3. The number of rotatable bonds is 5. The molecule has 3 N–H and O–H groups in total. The summed E-state index contributed by atoms with van der Waals surface area (Å²) >= 11 is 0. The molecule has 0 fully saturated rings. The minimum Gasteiger partial charge on any atom is -0.357 e. The summed E-state index contributed by atoms with van der Waals surface area (Å²) in [6.07, 6.45) is 4.47. The van der Waals surface area contributed by atoms with Crippen LogP contribution in [0.5, 0.6) is 0 Å². The summed E-state index contributed by atoms with van der Waals surface area (Å²) in [6, 6.07) is 10.2. The predicted molar refractivity (Wildman–Crippen MR) is 90.3 cm³/mol. The van der Waals surface area contributed by atoms with E-state index in [9.17, 15) is 4.79 Å². The van der Waals surface area contributed by atoms with Gasteiger partial charge in [-0.1, -0.05) is 37.3 Å². The van der Waals surface area contributed by atoms with Crippen LogP contribution in [0.2, 0.25) is 0 Å². The smallest absolute Gasteiger partial charge is 0.267 e. The third kappa shape index (κ3) is 3.21. The van der Waals surface area contributed by atoms with E-state index in [-0.39, 0.29) is 12.0 Å². The van der Waals surface area contributed by atoms with Crippen LogP contribution in [0.25, 0.3) is 17.0 Å². The van der Waals surface area contributed by atoms with Gasteiger partial charge in [-0.2, -0.15) is 0 Å². The second-order valence-electron chi connectivity index (χ2n) is 5.93. The van der Waals surface area contributed by atoms with Gasteiger partial charge in [0.15, 0.2) is 0 Å². The van der Waals surface area contributed by atoms with E-state index in [4.69, 9.17) is 5.21 Å². The first kappa shape index (κ1) is 15.9. The van der Waals surface area contributed by atoms with Gasteiger partial charge in [-0.3, -0.25) is 10.0 Å². The van der Waals surface area contributed by atoms with Crippen molar-refractivity contribution in [1.82, 2.24) is 25.5 Å². The molecule has 0 aliphatic carbocycles. The number of aromatic amines is 1. The van der Waals surface area contributed by atoms with Crippen molar-refractivity contribution in [2.75, 3.05) is 0 Å². The molecule has 3 aromatic rings. The molecule has 1 aromatic carbocycles. The number of aromatic nitrogens is 4. The number of amides is 1. The highest BCUT2D eigenvalue weighted by Gasteiger charge is 2.21. The van der Waals surface area contributed by atoms with E-state index in [1.165, 1.54) is 17.6 Å². The Labute approximate surface area is 138 Å². The zero-order valence-electron chi connectivity index (χ0n) is 13.5. The van der Waals surface area contributed by atoms with Crippen LogP contribution in [0.4, 0.5) is 0 Å². The second-order valence-corrected chi connectivity index (χ2v) is 5.93. The van der Waals surface area contributed by atoms with E-state index in [0.29, 0.717) is 5.69 Å². The Kier molecular flexibility index (Phi) is 4.43. The molecule has 7 nitrogen and oxygen atoms in total. The van der Waals surface area contributed by atoms with Gasteiger partial charge in [-0.15, -0.1) is 5.10 Å². The standard InChI is InChI=1S/C17H19N5O2/c1-11(2)17(15-9-12-5-3-4-6-14(12)18-15)22-10-13(19-21-22)7-8-16(23)20-24/h3-11,17-18,24H,1-2H3,(H,20,23). The third-order valence-corrected chi connectivity index (χ3v) is 3.83. The van der Waals surface area contributed by atoms with Crippen LogP contribution in [0.1, 0.15) is 31.3 Å². The number of benzene rings is 1. The summed E-state index contributed by atoms with van der Waals surface area (Å²) in [5.74, 6) is -0.321. The van der Waals surface area contributed by atoms with Gasteiger partial charge >= 0.3 is 0 Å². The molecule has 3 rings (SSSR count). The summed E-state index contributed by atoms with van der Waals surface area (Å²) in [5.41, 5.74) is 4.22. The molecule has 0 radical (unpaired) electrons. The quantitative estimate of drug-likeness (QED) is 0.381. The summed E-state index contributed by atoms with van der Waals surface area (Å²) in [5, 5.41) is 17.9. The molecule has 2 aromatic heterocycles. The van der Waals surface area contributed by atoms with Crippen LogP contribution in [0, 0.1) is 5.92 Å². The van der Waals surface area contributed by atoms with Gasteiger partial charge in [0.1, 0.15) is 5.69 Å². The normalized spacial score (nSPS) is 13.0. The zero-order valence-corrected chi connectivity index (χ0v) is 13.5. The molecule has 0 saturated carbocycles. The molecule has 124 valence electrons. The molecule has 7 heteroatoms. The first-order chi connectivity index (χ1) is 11.6. The molecule has 0 bridgehead atoms. The van der Waals surface area contributed by atoms with Crippen molar-refractivity contribution in [3.05, 3.63) is 54.0 Å². The first-order valence-corrected chi connectivity index (χ1v) is 7.70. The van der Waals surface area contributed by atoms with Gasteiger partial charge in [0.25, 0.3) is 5.91 Å². The zero-order chi connectivity index (χ0) is 17.1. The summed E-state index contributed by atoms with van der Waals surface area (Å²) in [4.78, 5) is 14.5. The average Bonchev–Trinajstić information content (AvgIpc) is 3.19. The molecule has 1 atom stereocenters. The molecule has 1 unspecified atom stereocenters. The van der Waals surface area contributed by atoms with Crippen LogP contribution in [0.15, 0.2) is 42.6 Å². The first-order valence-electron chi connectivity index (χ1n) is 7.70. The number of H-pyrrole nitrogens is 1. The van der Waals surface area contributed by atoms with Gasteiger partial charge < -0.3 is 4.98 Å². The van der Waals surface area contributed by atoms with Crippen LogP contribution in [0.3, 0.4) is 0 Å². The molecule has 0 saturated heterocycles. The fourth-order valence-corrected chi connectivity index (χ4v) is 2.76. The lowest BCUT2D eigenvalue weighted by Crippen LogP contribution is -2.17. The molecular formula is C17H19N5O2. The van der Waals surface area contributed by atoms with Gasteiger partial charge in [0.05, 0.1) is 12.2 Å². The molecule has 1 amide bonds. The predicted octanol–water partition coefficient (Wildman–Crippen LogP) is 2.52. The van der Waals surface area contributed by atoms with E-state index in [2.05, 4.69) is 41.3 Å². The summed E-state index contributed by atoms with van der Waals surface area (Å²) in [6.45, 7) is 4.24. The maximum Gasteiger partial charge on any atom is 0.267 e. The minimum absolute atomic E-state index is 0.00119. The van der Waals surface area contributed by atoms with Crippen molar-refractivity contribution >= 4 is 22.9 Å².